The number of aliphatic hydroxyl groups is 2. The minimum absolute atomic E-state index is 0.0306. The number of fused-ring (bicyclic) bond motifs is 1. The second kappa shape index (κ2) is 20.1. The molecule has 3 heterocycles. The van der Waals surface area contributed by atoms with Gasteiger partial charge < -0.3 is 50.9 Å². The molecular formula is C27H44N7O17P3S. The maximum atomic E-state index is 12.7. The standard InChI is InChI=1S/C27H44N7O17P3S/c1-4-5-6-7-18(36)55-11-10-29-17(35)8-9-30-25(39)22(38)27(2,3)13-48-54(45,46)51-53(43,44)47-12-16-21(50-52(40,41)42)20(37)26(49-16)34-15-33-19-23(28)31-14-32-24(19)34/h5-6,14-16,20-22,26,37-38H,4,7-13H2,1-3H3,(H,29,35)(H,30,39)(H,43,44)(H,45,46)(H2,28,31,32)(H2,40,41,42)/b6-5-/t16-,20-,21-,22+,26-/m1/s1. The molecule has 24 nitrogen and oxygen atoms in total. The SMILES string of the molecule is CC/C=C\CC(=O)SCCNC(=O)CCNC(=O)[C@H](O)C(C)(C)COP(=O)(O)OP(=O)(O)OC[C@H]1O[C@@H](n2cnc3c(N)ncnc32)[C@H](O)[C@@H]1OP(=O)(O)O. The molecule has 2 aromatic heterocycles. The number of carbonyl (C=O) groups excluding carboxylic acids is 3. The number of nitrogens with one attached hydrogen (secondary N) is 2. The van der Waals surface area contributed by atoms with E-state index in [1.54, 1.807) is 6.08 Å². The average Bonchev–Trinajstić information content (AvgIpc) is 3.64. The molecule has 10 N–H and O–H groups in total. The number of aromatic nitrogens is 4. The minimum atomic E-state index is -5.57. The molecule has 2 amide bonds. The molecule has 0 radical (unpaired) electrons. The Morgan fingerprint density at radius 3 is 2.44 bits per heavy atom. The zero-order chi connectivity index (χ0) is 41.2. The summed E-state index contributed by atoms with van der Waals surface area (Å²) in [6.07, 6.45) is -2.16. The third kappa shape index (κ3) is 14.6. The van der Waals surface area contributed by atoms with Gasteiger partial charge in [0.05, 0.1) is 19.5 Å². The van der Waals surface area contributed by atoms with Crippen LogP contribution >= 0.6 is 35.2 Å². The van der Waals surface area contributed by atoms with Crippen LogP contribution in [0.5, 0.6) is 0 Å². The van der Waals surface area contributed by atoms with E-state index >= 15 is 0 Å². The summed E-state index contributed by atoms with van der Waals surface area (Å²) in [5.41, 5.74) is 4.26. The predicted molar refractivity (Wildman–Crippen MR) is 191 cm³/mol. The van der Waals surface area contributed by atoms with E-state index < -0.39 is 84.6 Å². The highest BCUT2D eigenvalue weighted by Gasteiger charge is 2.50. The van der Waals surface area contributed by atoms with Crippen molar-refractivity contribution in [2.75, 3.05) is 37.8 Å². The summed E-state index contributed by atoms with van der Waals surface area (Å²) in [5, 5.41) is 26.3. The molecule has 0 spiro atoms. The van der Waals surface area contributed by atoms with Gasteiger partial charge in [0.25, 0.3) is 0 Å². The monoisotopic (exact) mass is 863 g/mol. The van der Waals surface area contributed by atoms with Crippen LogP contribution in [-0.2, 0) is 50.7 Å². The van der Waals surface area contributed by atoms with Crippen molar-refractivity contribution in [1.29, 1.82) is 0 Å². The van der Waals surface area contributed by atoms with Crippen molar-refractivity contribution in [3.05, 3.63) is 24.8 Å². The van der Waals surface area contributed by atoms with E-state index in [1.165, 1.54) is 13.8 Å². The van der Waals surface area contributed by atoms with Crippen LogP contribution in [-0.4, -0.2) is 123 Å². The van der Waals surface area contributed by atoms with E-state index in [4.69, 9.17) is 19.5 Å². The van der Waals surface area contributed by atoms with Crippen LogP contribution in [0, 0.1) is 5.41 Å². The van der Waals surface area contributed by atoms with Crippen molar-refractivity contribution < 1.29 is 80.5 Å². The summed E-state index contributed by atoms with van der Waals surface area (Å²) in [6.45, 7) is 2.45. The maximum absolute atomic E-state index is 12.7. The number of hydrogen-bond donors (Lipinski definition) is 9. The smallest absolute Gasteiger partial charge is 0.386 e. The molecule has 55 heavy (non-hydrogen) atoms. The Bertz CT molecular complexity index is 1830. The minimum Gasteiger partial charge on any atom is -0.386 e. The van der Waals surface area contributed by atoms with Gasteiger partial charge in [-0.3, -0.25) is 32.5 Å². The summed E-state index contributed by atoms with van der Waals surface area (Å²) in [5.74, 6) is -1.10. The lowest BCUT2D eigenvalue weighted by molar-refractivity contribution is -0.137. The molecule has 2 aromatic rings. The highest BCUT2D eigenvalue weighted by molar-refractivity contribution is 8.13. The second-order valence-corrected chi connectivity index (χ2v) is 17.8. The van der Waals surface area contributed by atoms with Crippen molar-refractivity contribution in [2.24, 2.45) is 5.41 Å². The number of rotatable bonds is 22. The molecule has 0 bridgehead atoms. The number of phosphoric ester groups is 3. The van der Waals surface area contributed by atoms with E-state index in [0.29, 0.717) is 5.75 Å². The highest BCUT2D eigenvalue weighted by atomic mass is 32.2. The van der Waals surface area contributed by atoms with E-state index in [9.17, 15) is 57.9 Å². The lowest BCUT2D eigenvalue weighted by atomic mass is 9.87. The first-order valence-electron chi connectivity index (χ1n) is 16.3. The van der Waals surface area contributed by atoms with Gasteiger partial charge in [0.1, 0.15) is 36.3 Å². The van der Waals surface area contributed by atoms with Crippen LogP contribution in [0.1, 0.15) is 46.3 Å². The average molecular weight is 864 g/mol. The van der Waals surface area contributed by atoms with Crippen molar-refractivity contribution in [3.63, 3.8) is 0 Å². The number of aliphatic hydroxyl groups excluding tert-OH is 2. The summed E-state index contributed by atoms with van der Waals surface area (Å²) in [6, 6.07) is 0. The normalized spacial score (nSPS) is 22.0. The summed E-state index contributed by atoms with van der Waals surface area (Å²) in [7, 11) is -16.4. The van der Waals surface area contributed by atoms with Crippen LogP contribution in [0.3, 0.4) is 0 Å². The summed E-state index contributed by atoms with van der Waals surface area (Å²) in [4.78, 5) is 87.2. The van der Waals surface area contributed by atoms with Gasteiger partial charge in [-0.2, -0.15) is 4.31 Å². The summed E-state index contributed by atoms with van der Waals surface area (Å²) >= 11 is 1.07. The predicted octanol–water partition coefficient (Wildman–Crippen LogP) is 0.0210. The molecule has 0 aromatic carbocycles. The number of nitrogens with zero attached hydrogens (tertiary/aromatic N) is 4. The van der Waals surface area contributed by atoms with Crippen LogP contribution in [0.25, 0.3) is 11.2 Å². The molecule has 310 valence electrons. The first kappa shape index (κ1) is 46.7. The van der Waals surface area contributed by atoms with Crippen LogP contribution in [0.4, 0.5) is 5.82 Å². The van der Waals surface area contributed by atoms with Gasteiger partial charge in [-0.15, -0.1) is 0 Å². The number of anilines is 1. The van der Waals surface area contributed by atoms with Gasteiger partial charge in [0.2, 0.25) is 11.8 Å². The van der Waals surface area contributed by atoms with Crippen LogP contribution < -0.4 is 16.4 Å². The van der Waals surface area contributed by atoms with E-state index in [2.05, 4.69) is 34.4 Å². The third-order valence-corrected chi connectivity index (χ3v) is 11.4. The number of carbonyl (C=O) groups is 3. The molecule has 1 fully saturated rings. The number of phosphoric acid groups is 3. The second-order valence-electron chi connectivity index (χ2n) is 12.4. The number of ether oxygens (including phenoxy) is 1. The van der Waals surface area contributed by atoms with Crippen molar-refractivity contribution in [1.82, 2.24) is 30.2 Å². The van der Waals surface area contributed by atoms with Crippen LogP contribution in [0.15, 0.2) is 24.8 Å². The van der Waals surface area contributed by atoms with Crippen molar-refractivity contribution >= 4 is 69.1 Å². The fourth-order valence-electron chi connectivity index (χ4n) is 4.70. The zero-order valence-corrected chi connectivity index (χ0v) is 33.1. The molecule has 1 saturated heterocycles. The van der Waals surface area contributed by atoms with E-state index in [1.807, 2.05) is 13.0 Å². The molecule has 0 saturated carbocycles. The van der Waals surface area contributed by atoms with E-state index in [0.717, 1.165) is 35.4 Å². The van der Waals surface area contributed by atoms with E-state index in [-0.39, 0.29) is 48.0 Å². The Morgan fingerprint density at radius 1 is 1.07 bits per heavy atom. The lowest BCUT2D eigenvalue weighted by Crippen LogP contribution is -2.46. The topological polar surface area (TPSA) is 364 Å². The van der Waals surface area contributed by atoms with Crippen molar-refractivity contribution in [3.8, 4) is 0 Å². The fraction of sp³-hybridized carbons (Fsp3) is 0.630. The molecule has 3 rings (SSSR count). The Hall–Kier alpha value is -2.70. The highest BCUT2D eigenvalue weighted by Crippen LogP contribution is 2.61. The van der Waals surface area contributed by atoms with Crippen molar-refractivity contribution in [2.45, 2.75) is 70.7 Å². The Labute approximate surface area is 318 Å². The first-order valence-corrected chi connectivity index (χ1v) is 21.8. The van der Waals surface area contributed by atoms with Gasteiger partial charge >= 0.3 is 23.5 Å². The third-order valence-electron chi connectivity index (χ3n) is 7.45. The molecule has 0 aliphatic carbocycles. The first-order chi connectivity index (χ1) is 25.6. The van der Waals surface area contributed by atoms with Gasteiger partial charge in [0, 0.05) is 37.1 Å². The quantitative estimate of drug-likeness (QED) is 0.0428. The zero-order valence-electron chi connectivity index (χ0n) is 29.6. The van der Waals surface area contributed by atoms with Crippen LogP contribution in [0.2, 0.25) is 0 Å². The molecule has 7 atom stereocenters. The maximum Gasteiger partial charge on any atom is 0.481 e. The van der Waals surface area contributed by atoms with Gasteiger partial charge in [-0.1, -0.05) is 44.7 Å². The summed E-state index contributed by atoms with van der Waals surface area (Å²) < 4.78 is 62.0. The van der Waals surface area contributed by atoms with Gasteiger partial charge in [-0.25, -0.2) is 28.6 Å². The Balaban J connectivity index is 1.49. The number of thioether (sulfide) groups is 1. The number of hydrogen-bond acceptors (Lipinski definition) is 18. The number of imidazole rings is 1. The Kier molecular flexibility index (Phi) is 17.1. The largest absolute Gasteiger partial charge is 0.481 e. The Morgan fingerprint density at radius 2 is 1.76 bits per heavy atom. The number of nitrogens with two attached hydrogens (primary N) is 1. The fourth-order valence-corrected chi connectivity index (χ4v) is 8.18. The molecule has 1 aliphatic heterocycles. The molecular weight excluding hydrogens is 819 g/mol. The number of nitrogen functional groups attached to an aromatic ring is 1. The lowest BCUT2D eigenvalue weighted by Gasteiger charge is -2.30. The van der Waals surface area contributed by atoms with Gasteiger partial charge in [-0.05, 0) is 6.42 Å². The van der Waals surface area contributed by atoms with Gasteiger partial charge in [0.15, 0.2) is 22.8 Å². The number of allylic oxidation sites excluding steroid dienone is 2. The molecule has 28 heteroatoms. The molecule has 1 aliphatic rings. The number of amides is 2. The molecule has 2 unspecified atom stereocenters.